The molecule has 1 aromatic heterocycles. The van der Waals surface area contributed by atoms with E-state index in [1.807, 2.05) is 0 Å². The van der Waals surface area contributed by atoms with Gasteiger partial charge < -0.3 is 9.80 Å². The molecule has 0 aromatic carbocycles. The molecule has 2 heterocycles. The average Bonchev–Trinajstić information content (AvgIpc) is 3.27. The maximum Gasteiger partial charge on any atom is 0.128 e. The SMILES string of the molecule is CCC1CC1c1ccc(N2CCC(N(C)C)CC2)nc1. The maximum atomic E-state index is 4.71. The molecular formula is C17H27N3. The maximum absolute atomic E-state index is 4.71. The van der Waals surface area contributed by atoms with E-state index in [1.165, 1.54) is 37.1 Å². The Morgan fingerprint density at radius 1 is 1.25 bits per heavy atom. The first-order valence-corrected chi connectivity index (χ1v) is 8.06. The molecule has 0 bridgehead atoms. The minimum atomic E-state index is 0.738. The van der Waals surface area contributed by atoms with Crippen LogP contribution >= 0.6 is 0 Å². The molecule has 3 nitrogen and oxygen atoms in total. The first kappa shape index (κ1) is 13.9. The van der Waals surface area contributed by atoms with Crippen molar-refractivity contribution in [3.05, 3.63) is 23.9 Å². The lowest BCUT2D eigenvalue weighted by molar-refractivity contribution is 0.249. The molecule has 3 heteroatoms. The van der Waals surface area contributed by atoms with E-state index in [1.54, 1.807) is 0 Å². The highest BCUT2D eigenvalue weighted by atomic mass is 15.2. The molecule has 1 saturated carbocycles. The molecule has 0 spiro atoms. The molecule has 2 aliphatic rings. The summed E-state index contributed by atoms with van der Waals surface area (Å²) in [6.07, 6.45) is 7.29. The zero-order valence-electron chi connectivity index (χ0n) is 13.0. The van der Waals surface area contributed by atoms with Gasteiger partial charge in [-0.05, 0) is 56.8 Å². The standard InChI is InChI=1S/C17H27N3/c1-4-13-11-16(13)14-5-6-17(18-12-14)20-9-7-15(8-10-20)19(2)3/h5-6,12-13,15-16H,4,7-11H2,1-3H3. The minimum absolute atomic E-state index is 0.738. The molecule has 0 amide bonds. The van der Waals surface area contributed by atoms with Crippen LogP contribution in [0.4, 0.5) is 5.82 Å². The van der Waals surface area contributed by atoms with E-state index in [-0.39, 0.29) is 0 Å². The lowest BCUT2D eigenvalue weighted by atomic mass is 10.0. The number of rotatable bonds is 4. The molecule has 1 aliphatic carbocycles. The zero-order chi connectivity index (χ0) is 14.1. The summed E-state index contributed by atoms with van der Waals surface area (Å²) in [5.41, 5.74) is 1.45. The van der Waals surface area contributed by atoms with Crippen molar-refractivity contribution < 1.29 is 0 Å². The second-order valence-corrected chi connectivity index (χ2v) is 6.64. The molecule has 0 radical (unpaired) electrons. The van der Waals surface area contributed by atoms with Crippen LogP contribution in [-0.2, 0) is 0 Å². The van der Waals surface area contributed by atoms with Gasteiger partial charge in [-0.3, -0.25) is 0 Å². The largest absolute Gasteiger partial charge is 0.357 e. The van der Waals surface area contributed by atoms with Crippen LogP contribution in [-0.4, -0.2) is 43.1 Å². The Morgan fingerprint density at radius 2 is 2.00 bits per heavy atom. The van der Waals surface area contributed by atoms with Gasteiger partial charge in [0, 0.05) is 25.3 Å². The smallest absolute Gasteiger partial charge is 0.128 e. The van der Waals surface area contributed by atoms with E-state index < -0.39 is 0 Å². The fraction of sp³-hybridized carbons (Fsp3) is 0.706. The van der Waals surface area contributed by atoms with Crippen LogP contribution < -0.4 is 4.90 Å². The highest BCUT2D eigenvalue weighted by Gasteiger charge is 2.36. The summed E-state index contributed by atoms with van der Waals surface area (Å²) in [4.78, 5) is 9.51. The van der Waals surface area contributed by atoms with E-state index in [0.29, 0.717) is 0 Å². The Hall–Kier alpha value is -1.09. The summed E-state index contributed by atoms with van der Waals surface area (Å²) in [5, 5.41) is 0. The van der Waals surface area contributed by atoms with Gasteiger partial charge in [-0.25, -0.2) is 4.98 Å². The van der Waals surface area contributed by atoms with Gasteiger partial charge in [0.15, 0.2) is 0 Å². The molecule has 2 atom stereocenters. The van der Waals surface area contributed by atoms with Gasteiger partial charge in [0.2, 0.25) is 0 Å². The predicted molar refractivity (Wildman–Crippen MR) is 84.3 cm³/mol. The van der Waals surface area contributed by atoms with Gasteiger partial charge in [-0.1, -0.05) is 19.4 Å². The third-order valence-corrected chi connectivity index (χ3v) is 5.16. The van der Waals surface area contributed by atoms with Crippen molar-refractivity contribution in [1.29, 1.82) is 0 Å². The fourth-order valence-corrected chi connectivity index (χ4v) is 3.52. The zero-order valence-corrected chi connectivity index (χ0v) is 13.0. The van der Waals surface area contributed by atoms with Crippen LogP contribution in [0, 0.1) is 5.92 Å². The van der Waals surface area contributed by atoms with Gasteiger partial charge in [0.1, 0.15) is 5.82 Å². The summed E-state index contributed by atoms with van der Waals surface area (Å²) in [6, 6.07) is 5.28. The van der Waals surface area contributed by atoms with Crippen molar-refractivity contribution in [2.45, 2.75) is 44.6 Å². The molecule has 2 unspecified atom stereocenters. The number of nitrogens with zero attached hydrogens (tertiary/aromatic N) is 3. The molecule has 1 saturated heterocycles. The lowest BCUT2D eigenvalue weighted by Crippen LogP contribution is -2.42. The Bertz CT molecular complexity index is 432. The van der Waals surface area contributed by atoms with Crippen LogP contribution in [0.3, 0.4) is 0 Å². The molecular weight excluding hydrogens is 246 g/mol. The van der Waals surface area contributed by atoms with E-state index >= 15 is 0 Å². The Labute approximate surface area is 123 Å². The van der Waals surface area contributed by atoms with Gasteiger partial charge in [-0.15, -0.1) is 0 Å². The molecule has 0 N–H and O–H groups in total. The summed E-state index contributed by atoms with van der Waals surface area (Å²) in [5.74, 6) is 2.87. The van der Waals surface area contributed by atoms with Crippen molar-refractivity contribution in [1.82, 2.24) is 9.88 Å². The van der Waals surface area contributed by atoms with E-state index in [4.69, 9.17) is 4.98 Å². The third kappa shape index (κ3) is 2.83. The molecule has 20 heavy (non-hydrogen) atoms. The Morgan fingerprint density at radius 3 is 2.50 bits per heavy atom. The highest BCUT2D eigenvalue weighted by Crippen LogP contribution is 2.49. The van der Waals surface area contributed by atoms with Crippen molar-refractivity contribution in [3.8, 4) is 0 Å². The van der Waals surface area contributed by atoms with E-state index in [2.05, 4.69) is 49.1 Å². The molecule has 1 aromatic rings. The molecule has 110 valence electrons. The first-order valence-electron chi connectivity index (χ1n) is 8.06. The van der Waals surface area contributed by atoms with E-state index in [9.17, 15) is 0 Å². The second-order valence-electron chi connectivity index (χ2n) is 6.64. The minimum Gasteiger partial charge on any atom is -0.357 e. The van der Waals surface area contributed by atoms with Crippen LogP contribution in [0.5, 0.6) is 0 Å². The summed E-state index contributed by atoms with van der Waals surface area (Å²) >= 11 is 0. The average molecular weight is 273 g/mol. The molecule has 3 rings (SSSR count). The normalized spacial score (nSPS) is 27.1. The fourth-order valence-electron chi connectivity index (χ4n) is 3.52. The molecule has 1 aliphatic heterocycles. The van der Waals surface area contributed by atoms with Gasteiger partial charge in [0.05, 0.1) is 0 Å². The first-order chi connectivity index (χ1) is 9.69. The number of piperidine rings is 1. The highest BCUT2D eigenvalue weighted by molar-refractivity contribution is 5.41. The van der Waals surface area contributed by atoms with Crippen molar-refractivity contribution in [2.24, 2.45) is 5.92 Å². The molecule has 2 fully saturated rings. The number of aromatic nitrogens is 1. The quantitative estimate of drug-likeness (QED) is 0.840. The lowest BCUT2D eigenvalue weighted by Gasteiger charge is -2.35. The Balaban J connectivity index is 1.59. The predicted octanol–water partition coefficient (Wildman–Crippen LogP) is 3.13. The van der Waals surface area contributed by atoms with Crippen LogP contribution in [0.2, 0.25) is 0 Å². The number of hydrogen-bond donors (Lipinski definition) is 0. The van der Waals surface area contributed by atoms with Crippen LogP contribution in [0.25, 0.3) is 0 Å². The summed E-state index contributed by atoms with van der Waals surface area (Å²) < 4.78 is 0. The van der Waals surface area contributed by atoms with Crippen molar-refractivity contribution in [3.63, 3.8) is 0 Å². The second kappa shape index (κ2) is 5.72. The number of hydrogen-bond acceptors (Lipinski definition) is 3. The van der Waals surface area contributed by atoms with E-state index in [0.717, 1.165) is 31.0 Å². The van der Waals surface area contributed by atoms with Gasteiger partial charge in [-0.2, -0.15) is 0 Å². The number of pyridine rings is 1. The van der Waals surface area contributed by atoms with Crippen LogP contribution in [0.15, 0.2) is 18.3 Å². The van der Waals surface area contributed by atoms with Crippen molar-refractivity contribution >= 4 is 5.82 Å². The monoisotopic (exact) mass is 273 g/mol. The van der Waals surface area contributed by atoms with Crippen LogP contribution in [0.1, 0.15) is 44.1 Å². The van der Waals surface area contributed by atoms with Gasteiger partial charge in [0.25, 0.3) is 0 Å². The number of anilines is 1. The Kier molecular flexibility index (Phi) is 3.97. The summed E-state index contributed by atoms with van der Waals surface area (Å²) in [6.45, 7) is 4.56. The topological polar surface area (TPSA) is 19.4 Å². The third-order valence-electron chi connectivity index (χ3n) is 5.16. The van der Waals surface area contributed by atoms with Gasteiger partial charge >= 0.3 is 0 Å². The van der Waals surface area contributed by atoms with Crippen molar-refractivity contribution in [2.75, 3.05) is 32.1 Å². The summed E-state index contributed by atoms with van der Waals surface area (Å²) in [7, 11) is 4.38.